The van der Waals surface area contributed by atoms with Gasteiger partial charge in [-0.25, -0.2) is 4.98 Å². The molecule has 21 heavy (non-hydrogen) atoms. The average molecular weight is 280 g/mol. The Hall–Kier alpha value is -2.89. The third kappa shape index (κ3) is 3.00. The van der Waals surface area contributed by atoms with Gasteiger partial charge in [0.25, 0.3) is 0 Å². The van der Waals surface area contributed by atoms with Gasteiger partial charge in [-0.3, -0.25) is 5.10 Å². The minimum atomic E-state index is 0.538. The lowest BCUT2D eigenvalue weighted by atomic mass is 10.3. The summed E-state index contributed by atoms with van der Waals surface area (Å²) in [5.74, 6) is 2.01. The Labute approximate surface area is 122 Å². The molecule has 0 radical (unpaired) electrons. The van der Waals surface area contributed by atoms with Crippen LogP contribution in [0.5, 0.6) is 0 Å². The van der Waals surface area contributed by atoms with Gasteiger partial charge in [0.05, 0.1) is 0 Å². The van der Waals surface area contributed by atoms with Gasteiger partial charge in [-0.15, -0.1) is 0 Å². The molecule has 3 rings (SSSR count). The maximum absolute atomic E-state index is 4.43. The topological polar surface area (TPSA) is 78.5 Å². The van der Waals surface area contributed by atoms with E-state index >= 15 is 0 Å². The molecule has 6 nitrogen and oxygen atoms in total. The van der Waals surface area contributed by atoms with Gasteiger partial charge in [0.1, 0.15) is 5.82 Å². The Balaban J connectivity index is 1.79. The number of nitrogens with one attached hydrogen (secondary N) is 3. The van der Waals surface area contributed by atoms with Crippen LogP contribution in [-0.4, -0.2) is 20.2 Å². The van der Waals surface area contributed by atoms with Crippen LogP contribution in [-0.2, 0) is 0 Å². The van der Waals surface area contributed by atoms with Crippen LogP contribution in [0.1, 0.15) is 11.3 Å². The maximum atomic E-state index is 4.43. The largest absolute Gasteiger partial charge is 0.324 e. The number of hydrogen-bond acceptors (Lipinski definition) is 5. The molecular weight excluding hydrogens is 264 g/mol. The number of aromatic amines is 1. The molecule has 0 aliphatic rings. The fraction of sp³-hybridized carbons (Fsp3) is 0.133. The lowest BCUT2D eigenvalue weighted by molar-refractivity contribution is 1.04. The van der Waals surface area contributed by atoms with Gasteiger partial charge < -0.3 is 10.6 Å². The minimum absolute atomic E-state index is 0.538. The Kier molecular flexibility index (Phi) is 3.51. The van der Waals surface area contributed by atoms with Crippen molar-refractivity contribution in [1.82, 2.24) is 20.2 Å². The number of benzene rings is 1. The fourth-order valence-corrected chi connectivity index (χ4v) is 1.87. The number of hydrogen-bond donors (Lipinski definition) is 3. The van der Waals surface area contributed by atoms with Crippen molar-refractivity contribution in [3.63, 3.8) is 0 Å². The van der Waals surface area contributed by atoms with Crippen LogP contribution in [0.4, 0.5) is 23.3 Å². The number of rotatable bonds is 4. The zero-order valence-electron chi connectivity index (χ0n) is 11.9. The highest BCUT2D eigenvalue weighted by molar-refractivity contribution is 5.59. The van der Waals surface area contributed by atoms with E-state index in [0.717, 1.165) is 22.8 Å². The summed E-state index contributed by atoms with van der Waals surface area (Å²) >= 11 is 0. The number of nitrogens with zero attached hydrogens (tertiary/aromatic N) is 3. The molecule has 1 aromatic carbocycles. The van der Waals surface area contributed by atoms with E-state index in [1.807, 2.05) is 44.2 Å². The van der Waals surface area contributed by atoms with Crippen molar-refractivity contribution in [1.29, 1.82) is 0 Å². The standard InChI is InChI=1S/C15H16N6/c1-10-11(2)20-21-14(10)18-13-8-9-16-15(19-13)17-12-6-4-3-5-7-12/h3-9H,1-2H3,(H3,16,17,18,19,20,21). The van der Waals surface area contributed by atoms with E-state index in [4.69, 9.17) is 0 Å². The van der Waals surface area contributed by atoms with E-state index < -0.39 is 0 Å². The first-order chi connectivity index (χ1) is 10.2. The third-order valence-electron chi connectivity index (χ3n) is 3.19. The Morgan fingerprint density at radius 3 is 2.52 bits per heavy atom. The highest BCUT2D eigenvalue weighted by atomic mass is 15.2. The van der Waals surface area contributed by atoms with E-state index in [1.54, 1.807) is 12.3 Å². The quantitative estimate of drug-likeness (QED) is 0.683. The van der Waals surface area contributed by atoms with Gasteiger partial charge in [0.2, 0.25) is 5.95 Å². The molecule has 0 saturated carbocycles. The molecule has 0 saturated heterocycles. The van der Waals surface area contributed by atoms with Crippen molar-refractivity contribution in [2.75, 3.05) is 10.6 Å². The Bertz CT molecular complexity index is 735. The zero-order valence-corrected chi connectivity index (χ0v) is 11.9. The molecule has 0 fully saturated rings. The maximum Gasteiger partial charge on any atom is 0.229 e. The molecule has 0 amide bonds. The second-order valence-electron chi connectivity index (χ2n) is 4.70. The molecule has 0 atom stereocenters. The van der Waals surface area contributed by atoms with Gasteiger partial charge in [-0.1, -0.05) is 18.2 Å². The second-order valence-corrected chi connectivity index (χ2v) is 4.70. The van der Waals surface area contributed by atoms with Crippen LogP contribution >= 0.6 is 0 Å². The van der Waals surface area contributed by atoms with Crippen LogP contribution in [0.25, 0.3) is 0 Å². The number of aromatic nitrogens is 4. The second kappa shape index (κ2) is 5.62. The summed E-state index contributed by atoms with van der Waals surface area (Å²) in [6.45, 7) is 3.99. The predicted molar refractivity (Wildman–Crippen MR) is 83.1 cm³/mol. The van der Waals surface area contributed by atoms with E-state index in [0.29, 0.717) is 11.8 Å². The zero-order chi connectivity index (χ0) is 14.7. The van der Waals surface area contributed by atoms with Gasteiger partial charge in [0.15, 0.2) is 5.82 Å². The third-order valence-corrected chi connectivity index (χ3v) is 3.19. The van der Waals surface area contributed by atoms with Gasteiger partial charge in [-0.05, 0) is 32.0 Å². The number of aryl methyl sites for hydroxylation is 1. The SMILES string of the molecule is Cc1[nH]nc(Nc2ccnc(Nc3ccccc3)n2)c1C. The number of anilines is 4. The summed E-state index contributed by atoms with van der Waals surface area (Å²) in [7, 11) is 0. The summed E-state index contributed by atoms with van der Waals surface area (Å²) in [4.78, 5) is 8.64. The molecule has 2 aromatic heterocycles. The van der Waals surface area contributed by atoms with E-state index in [-0.39, 0.29) is 0 Å². The molecule has 0 aliphatic carbocycles. The summed E-state index contributed by atoms with van der Waals surface area (Å²) < 4.78 is 0. The van der Waals surface area contributed by atoms with Crippen LogP contribution in [0.15, 0.2) is 42.6 Å². The van der Waals surface area contributed by atoms with Crippen molar-refractivity contribution >= 4 is 23.3 Å². The molecular formula is C15H16N6. The fourth-order valence-electron chi connectivity index (χ4n) is 1.87. The van der Waals surface area contributed by atoms with Gasteiger partial charge in [0, 0.05) is 23.1 Å². The molecule has 3 N–H and O–H groups in total. The molecule has 6 heteroatoms. The van der Waals surface area contributed by atoms with Gasteiger partial charge >= 0.3 is 0 Å². The molecule has 3 aromatic rings. The van der Waals surface area contributed by atoms with Crippen molar-refractivity contribution in [2.24, 2.45) is 0 Å². The van der Waals surface area contributed by atoms with Crippen molar-refractivity contribution in [3.8, 4) is 0 Å². The summed E-state index contributed by atoms with van der Waals surface area (Å²) in [6.07, 6.45) is 1.70. The predicted octanol–water partition coefficient (Wildman–Crippen LogP) is 3.30. The van der Waals surface area contributed by atoms with E-state index in [9.17, 15) is 0 Å². The van der Waals surface area contributed by atoms with Crippen LogP contribution in [0.2, 0.25) is 0 Å². The first-order valence-electron chi connectivity index (χ1n) is 6.66. The van der Waals surface area contributed by atoms with E-state index in [1.165, 1.54) is 0 Å². The number of para-hydroxylation sites is 1. The molecule has 0 spiro atoms. The van der Waals surface area contributed by atoms with Crippen molar-refractivity contribution in [3.05, 3.63) is 53.9 Å². The Morgan fingerprint density at radius 1 is 1.00 bits per heavy atom. The molecule has 0 unspecified atom stereocenters. The van der Waals surface area contributed by atoms with Crippen LogP contribution in [0.3, 0.4) is 0 Å². The molecule has 0 bridgehead atoms. The van der Waals surface area contributed by atoms with Crippen LogP contribution in [0, 0.1) is 13.8 Å². The van der Waals surface area contributed by atoms with Crippen LogP contribution < -0.4 is 10.6 Å². The minimum Gasteiger partial charge on any atom is -0.324 e. The Morgan fingerprint density at radius 2 is 1.81 bits per heavy atom. The molecule has 2 heterocycles. The summed E-state index contributed by atoms with van der Waals surface area (Å²) in [6, 6.07) is 11.6. The van der Waals surface area contributed by atoms with Crippen molar-refractivity contribution < 1.29 is 0 Å². The lowest BCUT2D eigenvalue weighted by Crippen LogP contribution is -2.01. The summed E-state index contributed by atoms with van der Waals surface area (Å²) in [5, 5.41) is 13.5. The smallest absolute Gasteiger partial charge is 0.229 e. The normalized spacial score (nSPS) is 10.4. The van der Waals surface area contributed by atoms with Crippen molar-refractivity contribution in [2.45, 2.75) is 13.8 Å². The first kappa shape index (κ1) is 13.1. The highest BCUT2D eigenvalue weighted by Gasteiger charge is 2.07. The highest BCUT2D eigenvalue weighted by Crippen LogP contribution is 2.19. The summed E-state index contributed by atoms with van der Waals surface area (Å²) in [5.41, 5.74) is 3.06. The molecule has 0 aliphatic heterocycles. The lowest BCUT2D eigenvalue weighted by Gasteiger charge is -2.07. The first-order valence-corrected chi connectivity index (χ1v) is 6.66. The average Bonchev–Trinajstić information content (AvgIpc) is 2.81. The molecule has 106 valence electrons. The number of H-pyrrole nitrogens is 1. The monoisotopic (exact) mass is 280 g/mol. The van der Waals surface area contributed by atoms with E-state index in [2.05, 4.69) is 30.8 Å². The van der Waals surface area contributed by atoms with Gasteiger partial charge in [-0.2, -0.15) is 10.1 Å².